The van der Waals surface area contributed by atoms with Crippen LogP contribution in [0.1, 0.15) is 26.3 Å². The van der Waals surface area contributed by atoms with E-state index in [0.717, 1.165) is 5.69 Å². The van der Waals surface area contributed by atoms with E-state index in [1.807, 2.05) is 20.8 Å². The van der Waals surface area contributed by atoms with Crippen LogP contribution >= 0.6 is 11.6 Å². The molecule has 0 radical (unpaired) electrons. The van der Waals surface area contributed by atoms with Gasteiger partial charge in [-0.3, -0.25) is 0 Å². The molecule has 6 heteroatoms. The van der Waals surface area contributed by atoms with Crippen molar-refractivity contribution in [2.24, 2.45) is 0 Å². The number of halogens is 2. The molecule has 1 aromatic rings. The number of carbonyl (C=O) groups is 1. The Labute approximate surface area is 135 Å². The van der Waals surface area contributed by atoms with Crippen molar-refractivity contribution in [3.8, 4) is 0 Å². The summed E-state index contributed by atoms with van der Waals surface area (Å²) >= 11 is 6.20. The molecule has 1 amide bonds. The summed E-state index contributed by atoms with van der Waals surface area (Å²) in [6.07, 6.45) is -0.296. The maximum atomic E-state index is 12.8. The van der Waals surface area contributed by atoms with Crippen molar-refractivity contribution in [1.82, 2.24) is 4.90 Å². The largest absolute Gasteiger partial charge is 0.444 e. The van der Waals surface area contributed by atoms with Crippen LogP contribution in [0.3, 0.4) is 0 Å². The normalized spacial score (nSPS) is 15.9. The van der Waals surface area contributed by atoms with E-state index < -0.39 is 12.3 Å². The Morgan fingerprint density at radius 3 is 2.45 bits per heavy atom. The summed E-state index contributed by atoms with van der Waals surface area (Å²) in [4.78, 5) is 15.8. The molecule has 1 aromatic carbocycles. The van der Waals surface area contributed by atoms with Gasteiger partial charge in [0.15, 0.2) is 0 Å². The second-order valence-electron chi connectivity index (χ2n) is 6.37. The molecule has 0 aromatic heterocycles. The molecule has 0 spiro atoms. The molecule has 0 saturated carbocycles. The van der Waals surface area contributed by atoms with Crippen LogP contribution in [0.4, 0.5) is 14.9 Å². The van der Waals surface area contributed by atoms with E-state index in [1.165, 1.54) is 0 Å². The van der Waals surface area contributed by atoms with E-state index in [1.54, 1.807) is 23.1 Å². The van der Waals surface area contributed by atoms with Crippen LogP contribution < -0.4 is 4.90 Å². The summed E-state index contributed by atoms with van der Waals surface area (Å²) in [6, 6.07) is 5.17. The van der Waals surface area contributed by atoms with Crippen molar-refractivity contribution in [2.75, 3.05) is 31.1 Å². The third kappa shape index (κ3) is 4.26. The summed E-state index contributed by atoms with van der Waals surface area (Å²) in [7, 11) is 0. The summed E-state index contributed by atoms with van der Waals surface area (Å²) in [5, 5.41) is 0.600. The second kappa shape index (κ2) is 6.73. The summed E-state index contributed by atoms with van der Waals surface area (Å²) in [6.45, 7) is 7.46. The fourth-order valence-electron chi connectivity index (χ4n) is 2.34. The molecule has 0 aliphatic carbocycles. The molecule has 2 rings (SSSR count). The lowest BCUT2D eigenvalue weighted by Gasteiger charge is -2.37. The van der Waals surface area contributed by atoms with E-state index in [2.05, 4.69) is 4.90 Å². The quantitative estimate of drug-likeness (QED) is 0.826. The number of rotatable bonds is 2. The lowest BCUT2D eigenvalue weighted by atomic mass is 10.2. The first-order valence-corrected chi connectivity index (χ1v) is 7.75. The Kier molecular flexibility index (Phi) is 5.16. The van der Waals surface area contributed by atoms with Crippen molar-refractivity contribution in [1.29, 1.82) is 0 Å². The number of anilines is 1. The predicted molar refractivity (Wildman–Crippen MR) is 86.3 cm³/mol. The molecule has 1 aliphatic rings. The molecule has 1 fully saturated rings. The number of alkyl halides is 1. The Hall–Kier alpha value is -1.49. The highest BCUT2D eigenvalue weighted by Gasteiger charge is 2.26. The van der Waals surface area contributed by atoms with Crippen LogP contribution in [0.25, 0.3) is 0 Å². The topological polar surface area (TPSA) is 32.8 Å². The van der Waals surface area contributed by atoms with Crippen molar-refractivity contribution in [3.63, 3.8) is 0 Å². The summed E-state index contributed by atoms with van der Waals surface area (Å²) in [5.74, 6) is 0. The lowest BCUT2D eigenvalue weighted by Crippen LogP contribution is -2.50. The van der Waals surface area contributed by atoms with Gasteiger partial charge in [0.05, 0.1) is 10.7 Å². The van der Waals surface area contributed by atoms with Crippen molar-refractivity contribution in [3.05, 3.63) is 28.8 Å². The van der Waals surface area contributed by atoms with Crippen LogP contribution in [0, 0.1) is 0 Å². The first-order chi connectivity index (χ1) is 10.3. The highest BCUT2D eigenvalue weighted by molar-refractivity contribution is 6.33. The van der Waals surface area contributed by atoms with E-state index in [4.69, 9.17) is 16.3 Å². The third-order valence-corrected chi connectivity index (χ3v) is 3.76. The molecule has 1 heterocycles. The molecule has 0 bridgehead atoms. The van der Waals surface area contributed by atoms with Crippen LogP contribution in [0.5, 0.6) is 0 Å². The summed E-state index contributed by atoms with van der Waals surface area (Å²) < 4.78 is 18.2. The van der Waals surface area contributed by atoms with Gasteiger partial charge >= 0.3 is 6.09 Å². The maximum absolute atomic E-state index is 12.8. The number of nitrogens with zero attached hydrogens (tertiary/aromatic N) is 2. The van der Waals surface area contributed by atoms with Gasteiger partial charge in [-0.2, -0.15) is 0 Å². The standard InChI is InChI=1S/C16H22ClFN2O2/c1-16(2,3)22-15(21)20-8-6-19(7-9-20)14-10-12(11-18)4-5-13(14)17/h4-5,10H,6-9,11H2,1-3H3. The number of benzene rings is 1. The second-order valence-corrected chi connectivity index (χ2v) is 6.78. The molecule has 1 aliphatic heterocycles. The van der Waals surface area contributed by atoms with E-state index in [9.17, 15) is 9.18 Å². The van der Waals surface area contributed by atoms with Gasteiger partial charge in [0, 0.05) is 26.2 Å². The molecule has 0 unspecified atom stereocenters. The van der Waals surface area contributed by atoms with Crippen LogP contribution in [-0.4, -0.2) is 42.8 Å². The van der Waals surface area contributed by atoms with Gasteiger partial charge in [0.25, 0.3) is 0 Å². The van der Waals surface area contributed by atoms with Gasteiger partial charge in [0.1, 0.15) is 12.3 Å². The van der Waals surface area contributed by atoms with Gasteiger partial charge in [-0.1, -0.05) is 17.7 Å². The van der Waals surface area contributed by atoms with E-state index in [-0.39, 0.29) is 6.09 Å². The molecular weight excluding hydrogens is 307 g/mol. The number of amides is 1. The van der Waals surface area contributed by atoms with E-state index in [0.29, 0.717) is 36.8 Å². The zero-order chi connectivity index (χ0) is 16.3. The van der Waals surface area contributed by atoms with E-state index >= 15 is 0 Å². The molecule has 0 N–H and O–H groups in total. The van der Waals surface area contributed by atoms with Crippen molar-refractivity contribution in [2.45, 2.75) is 33.0 Å². The zero-order valence-corrected chi connectivity index (χ0v) is 14.0. The minimum absolute atomic E-state index is 0.296. The highest BCUT2D eigenvalue weighted by atomic mass is 35.5. The Morgan fingerprint density at radius 2 is 1.91 bits per heavy atom. The van der Waals surface area contributed by atoms with Crippen molar-refractivity contribution >= 4 is 23.4 Å². The van der Waals surface area contributed by atoms with Crippen LogP contribution in [-0.2, 0) is 11.4 Å². The van der Waals surface area contributed by atoms with Crippen LogP contribution in [0.2, 0.25) is 5.02 Å². The number of hydrogen-bond acceptors (Lipinski definition) is 3. The van der Waals surface area contributed by atoms with Gasteiger partial charge in [0.2, 0.25) is 0 Å². The SMILES string of the molecule is CC(C)(C)OC(=O)N1CCN(c2cc(CF)ccc2Cl)CC1. The fraction of sp³-hybridized carbons (Fsp3) is 0.562. The minimum atomic E-state index is -0.512. The molecule has 4 nitrogen and oxygen atoms in total. The van der Waals surface area contributed by atoms with Gasteiger partial charge < -0.3 is 14.5 Å². The Balaban J connectivity index is 1.99. The Morgan fingerprint density at radius 1 is 1.27 bits per heavy atom. The molecule has 0 atom stereocenters. The fourth-order valence-corrected chi connectivity index (χ4v) is 2.58. The lowest BCUT2D eigenvalue weighted by molar-refractivity contribution is 0.0240. The average Bonchev–Trinajstić information content (AvgIpc) is 2.46. The molecule has 22 heavy (non-hydrogen) atoms. The average molecular weight is 329 g/mol. The minimum Gasteiger partial charge on any atom is -0.444 e. The summed E-state index contributed by atoms with van der Waals surface area (Å²) in [5.41, 5.74) is 0.933. The van der Waals surface area contributed by atoms with Gasteiger partial charge in [-0.05, 0) is 38.5 Å². The first-order valence-electron chi connectivity index (χ1n) is 7.37. The predicted octanol–water partition coefficient (Wildman–Crippen LogP) is 3.87. The third-order valence-electron chi connectivity index (χ3n) is 3.44. The number of hydrogen-bond donors (Lipinski definition) is 0. The molecule has 1 saturated heterocycles. The number of carbonyl (C=O) groups excluding carboxylic acids is 1. The van der Waals surface area contributed by atoms with Crippen molar-refractivity contribution < 1.29 is 13.9 Å². The van der Waals surface area contributed by atoms with Gasteiger partial charge in [-0.15, -0.1) is 0 Å². The highest BCUT2D eigenvalue weighted by Crippen LogP contribution is 2.28. The zero-order valence-electron chi connectivity index (χ0n) is 13.2. The number of piperazine rings is 1. The molecular formula is C16H22ClFN2O2. The first kappa shape index (κ1) is 16.9. The monoisotopic (exact) mass is 328 g/mol. The number of ether oxygens (including phenoxy) is 1. The van der Waals surface area contributed by atoms with Crippen LogP contribution in [0.15, 0.2) is 18.2 Å². The smallest absolute Gasteiger partial charge is 0.410 e. The van der Waals surface area contributed by atoms with Gasteiger partial charge in [-0.25, -0.2) is 9.18 Å². The Bertz CT molecular complexity index is 537. The molecule has 122 valence electrons. The maximum Gasteiger partial charge on any atom is 0.410 e.